The van der Waals surface area contributed by atoms with E-state index in [1.165, 1.54) is 25.7 Å². The SMILES string of the molecule is COC(=O)C(C)CN(C(=O)c1ccccc1F)C1CCCCCCC1. The summed E-state index contributed by atoms with van der Waals surface area (Å²) in [7, 11) is 1.34. The van der Waals surface area contributed by atoms with E-state index in [9.17, 15) is 14.0 Å². The number of carbonyl (C=O) groups is 2. The van der Waals surface area contributed by atoms with E-state index < -0.39 is 11.7 Å². The Bertz CT molecular complexity index is 582. The highest BCUT2D eigenvalue weighted by molar-refractivity contribution is 5.95. The van der Waals surface area contributed by atoms with Gasteiger partial charge in [-0.15, -0.1) is 0 Å². The first-order valence-corrected chi connectivity index (χ1v) is 9.18. The van der Waals surface area contributed by atoms with Gasteiger partial charge in [0, 0.05) is 12.6 Å². The number of hydrogen-bond acceptors (Lipinski definition) is 3. The van der Waals surface area contributed by atoms with Gasteiger partial charge in [0.15, 0.2) is 0 Å². The van der Waals surface area contributed by atoms with E-state index in [-0.39, 0.29) is 30.0 Å². The molecule has 1 saturated carbocycles. The predicted octanol–water partition coefficient (Wildman–Crippen LogP) is 4.19. The Kier molecular flexibility index (Phi) is 7.41. The summed E-state index contributed by atoms with van der Waals surface area (Å²) < 4.78 is 18.9. The fraction of sp³-hybridized carbons (Fsp3) is 0.600. The van der Waals surface area contributed by atoms with Crippen LogP contribution in [0.3, 0.4) is 0 Å². The molecule has 1 atom stereocenters. The van der Waals surface area contributed by atoms with Gasteiger partial charge < -0.3 is 9.64 Å². The van der Waals surface area contributed by atoms with Crippen molar-refractivity contribution in [3.05, 3.63) is 35.6 Å². The average molecular weight is 349 g/mol. The Hall–Kier alpha value is -1.91. The van der Waals surface area contributed by atoms with Crippen LogP contribution in [0.15, 0.2) is 24.3 Å². The van der Waals surface area contributed by atoms with Crippen molar-refractivity contribution in [2.45, 2.75) is 57.9 Å². The van der Waals surface area contributed by atoms with Gasteiger partial charge in [0.25, 0.3) is 5.91 Å². The molecule has 138 valence electrons. The molecule has 0 heterocycles. The first-order chi connectivity index (χ1) is 12.0. The second-order valence-corrected chi connectivity index (χ2v) is 6.86. The zero-order valence-corrected chi connectivity index (χ0v) is 15.2. The molecule has 1 aromatic rings. The molecule has 0 aliphatic heterocycles. The number of ether oxygens (including phenoxy) is 1. The molecule has 5 heteroatoms. The predicted molar refractivity (Wildman–Crippen MR) is 94.7 cm³/mol. The number of nitrogens with zero attached hydrogens (tertiary/aromatic N) is 1. The molecule has 0 bridgehead atoms. The van der Waals surface area contributed by atoms with Crippen LogP contribution in [0, 0.1) is 11.7 Å². The molecule has 1 aliphatic carbocycles. The number of methoxy groups -OCH3 is 1. The summed E-state index contributed by atoms with van der Waals surface area (Å²) >= 11 is 0. The summed E-state index contributed by atoms with van der Waals surface area (Å²) in [6, 6.07) is 6.09. The molecule has 0 aromatic heterocycles. The second-order valence-electron chi connectivity index (χ2n) is 6.86. The van der Waals surface area contributed by atoms with Crippen LogP contribution in [0.4, 0.5) is 4.39 Å². The van der Waals surface area contributed by atoms with Gasteiger partial charge >= 0.3 is 5.97 Å². The largest absolute Gasteiger partial charge is 0.469 e. The molecule has 2 rings (SSSR count). The molecule has 1 fully saturated rings. The number of hydrogen-bond donors (Lipinski definition) is 0. The summed E-state index contributed by atoms with van der Waals surface area (Å²) in [4.78, 5) is 26.6. The maximum atomic E-state index is 14.1. The number of benzene rings is 1. The lowest BCUT2D eigenvalue weighted by atomic mass is 9.94. The second kappa shape index (κ2) is 9.54. The fourth-order valence-corrected chi connectivity index (χ4v) is 3.50. The van der Waals surface area contributed by atoms with E-state index in [0.29, 0.717) is 0 Å². The van der Waals surface area contributed by atoms with E-state index in [4.69, 9.17) is 4.74 Å². The van der Waals surface area contributed by atoms with Crippen molar-refractivity contribution in [2.75, 3.05) is 13.7 Å². The Balaban J connectivity index is 2.25. The van der Waals surface area contributed by atoms with Crippen LogP contribution >= 0.6 is 0 Å². The summed E-state index contributed by atoms with van der Waals surface area (Å²) in [6.07, 6.45) is 7.45. The lowest BCUT2D eigenvalue weighted by Crippen LogP contribution is -2.45. The Morgan fingerprint density at radius 2 is 1.76 bits per heavy atom. The quantitative estimate of drug-likeness (QED) is 0.749. The molecular formula is C20H28FNO3. The first kappa shape index (κ1) is 19.4. The van der Waals surface area contributed by atoms with Crippen LogP contribution in [-0.4, -0.2) is 36.5 Å². The Morgan fingerprint density at radius 1 is 1.16 bits per heavy atom. The van der Waals surface area contributed by atoms with Gasteiger partial charge in [-0.25, -0.2) is 4.39 Å². The Morgan fingerprint density at radius 3 is 2.36 bits per heavy atom. The standard InChI is InChI=1S/C20H28FNO3/c1-15(20(24)25-2)14-22(16-10-6-4-3-5-7-11-16)19(23)17-12-8-9-13-18(17)21/h8-9,12-13,15-16H,3-7,10-11,14H2,1-2H3. The number of amides is 1. The van der Waals surface area contributed by atoms with E-state index in [1.54, 1.807) is 24.0 Å². The maximum absolute atomic E-state index is 14.1. The molecule has 1 aromatic carbocycles. The van der Waals surface area contributed by atoms with Gasteiger partial charge in [0.2, 0.25) is 0 Å². The number of rotatable bonds is 5. The van der Waals surface area contributed by atoms with E-state index in [0.717, 1.165) is 38.5 Å². The molecule has 1 unspecified atom stereocenters. The summed E-state index contributed by atoms with van der Waals surface area (Å²) in [5.41, 5.74) is 0.0709. The third-order valence-corrected chi connectivity index (χ3v) is 4.95. The lowest BCUT2D eigenvalue weighted by molar-refractivity contribution is -0.145. The average Bonchev–Trinajstić information content (AvgIpc) is 2.59. The summed E-state index contributed by atoms with van der Waals surface area (Å²) in [5, 5.41) is 0. The summed E-state index contributed by atoms with van der Waals surface area (Å²) in [5.74, 6) is -1.64. The highest BCUT2D eigenvalue weighted by Crippen LogP contribution is 2.24. The van der Waals surface area contributed by atoms with Gasteiger partial charge in [-0.1, -0.05) is 51.2 Å². The molecule has 0 spiro atoms. The molecule has 1 amide bonds. The monoisotopic (exact) mass is 349 g/mol. The molecule has 0 radical (unpaired) electrons. The fourth-order valence-electron chi connectivity index (χ4n) is 3.50. The zero-order valence-electron chi connectivity index (χ0n) is 15.2. The van der Waals surface area contributed by atoms with Crippen molar-refractivity contribution in [1.29, 1.82) is 0 Å². The van der Waals surface area contributed by atoms with Crippen LogP contribution in [0.1, 0.15) is 62.2 Å². The molecule has 0 N–H and O–H groups in total. The van der Waals surface area contributed by atoms with E-state index in [1.807, 2.05) is 0 Å². The van der Waals surface area contributed by atoms with E-state index in [2.05, 4.69) is 0 Å². The van der Waals surface area contributed by atoms with Crippen LogP contribution in [0.25, 0.3) is 0 Å². The van der Waals surface area contributed by atoms with Crippen LogP contribution in [0.2, 0.25) is 0 Å². The summed E-state index contributed by atoms with van der Waals surface area (Å²) in [6.45, 7) is 2.00. The van der Waals surface area contributed by atoms with Crippen molar-refractivity contribution >= 4 is 11.9 Å². The van der Waals surface area contributed by atoms with Crippen molar-refractivity contribution in [3.8, 4) is 0 Å². The van der Waals surface area contributed by atoms with Crippen molar-refractivity contribution in [2.24, 2.45) is 5.92 Å². The van der Waals surface area contributed by atoms with Gasteiger partial charge in [-0.3, -0.25) is 9.59 Å². The van der Waals surface area contributed by atoms with Gasteiger partial charge in [0.1, 0.15) is 5.82 Å². The van der Waals surface area contributed by atoms with Crippen LogP contribution in [-0.2, 0) is 9.53 Å². The number of carbonyl (C=O) groups excluding carboxylic acids is 2. The van der Waals surface area contributed by atoms with E-state index >= 15 is 0 Å². The molecule has 4 nitrogen and oxygen atoms in total. The zero-order chi connectivity index (χ0) is 18.2. The van der Waals surface area contributed by atoms with Crippen LogP contribution in [0.5, 0.6) is 0 Å². The maximum Gasteiger partial charge on any atom is 0.310 e. The molecule has 25 heavy (non-hydrogen) atoms. The van der Waals surface area contributed by atoms with Gasteiger partial charge in [-0.2, -0.15) is 0 Å². The van der Waals surface area contributed by atoms with Gasteiger partial charge in [0.05, 0.1) is 18.6 Å². The highest BCUT2D eigenvalue weighted by Gasteiger charge is 2.30. The topological polar surface area (TPSA) is 46.6 Å². The smallest absolute Gasteiger partial charge is 0.310 e. The first-order valence-electron chi connectivity index (χ1n) is 9.18. The van der Waals surface area contributed by atoms with Crippen molar-refractivity contribution in [1.82, 2.24) is 4.90 Å². The van der Waals surface area contributed by atoms with Gasteiger partial charge in [-0.05, 0) is 25.0 Å². The van der Waals surface area contributed by atoms with Crippen LogP contribution < -0.4 is 0 Å². The number of halogens is 1. The normalized spacial score (nSPS) is 17.2. The minimum absolute atomic E-state index is 0.0412. The Labute approximate surface area is 149 Å². The van der Waals surface area contributed by atoms with Crippen molar-refractivity contribution < 1.29 is 18.7 Å². The third kappa shape index (κ3) is 5.28. The lowest BCUT2D eigenvalue weighted by Gasteiger charge is -2.34. The third-order valence-electron chi connectivity index (χ3n) is 4.95. The molecule has 1 aliphatic rings. The minimum atomic E-state index is -0.519. The van der Waals surface area contributed by atoms with Crippen molar-refractivity contribution in [3.63, 3.8) is 0 Å². The minimum Gasteiger partial charge on any atom is -0.469 e. The molecule has 0 saturated heterocycles. The number of esters is 1. The molecular weight excluding hydrogens is 321 g/mol. The highest BCUT2D eigenvalue weighted by atomic mass is 19.1.